The summed E-state index contributed by atoms with van der Waals surface area (Å²) in [6, 6.07) is 4.89. The van der Waals surface area contributed by atoms with E-state index in [4.69, 9.17) is 4.74 Å². The molecule has 1 N–H and O–H groups in total. The van der Waals surface area contributed by atoms with Gasteiger partial charge in [0.1, 0.15) is 12.4 Å². The molecule has 0 heterocycles. The number of nitrogens with one attached hydrogen (secondary N) is 1. The van der Waals surface area contributed by atoms with Gasteiger partial charge < -0.3 is 10.1 Å². The maximum atomic E-state index is 6.16. The Bertz CT molecular complexity index is 435. The van der Waals surface area contributed by atoms with Crippen LogP contribution in [0.15, 0.2) is 12.1 Å². The summed E-state index contributed by atoms with van der Waals surface area (Å²) >= 11 is 0. The zero-order chi connectivity index (χ0) is 14.5. The standard InChI is InChI=1S/C18H29NO/c1-5-19-17(16-8-6-7-9-16)12-20-18-11-13(2)10-14(3)15(18)4/h10-11,16-17,19H,5-9,12H2,1-4H3. The Kier molecular flexibility index (Phi) is 5.47. The van der Waals surface area contributed by atoms with Crippen LogP contribution in [0.3, 0.4) is 0 Å². The molecule has 0 amide bonds. The first-order valence-electron chi connectivity index (χ1n) is 8.05. The van der Waals surface area contributed by atoms with E-state index >= 15 is 0 Å². The monoisotopic (exact) mass is 275 g/mol. The molecule has 1 atom stereocenters. The number of hydrogen-bond donors (Lipinski definition) is 1. The van der Waals surface area contributed by atoms with E-state index in [-0.39, 0.29) is 0 Å². The van der Waals surface area contributed by atoms with Gasteiger partial charge in [0.15, 0.2) is 0 Å². The van der Waals surface area contributed by atoms with E-state index in [1.807, 2.05) is 0 Å². The molecule has 20 heavy (non-hydrogen) atoms. The van der Waals surface area contributed by atoms with Crippen LogP contribution >= 0.6 is 0 Å². The number of rotatable bonds is 6. The van der Waals surface area contributed by atoms with E-state index in [0.717, 1.165) is 24.8 Å². The van der Waals surface area contributed by atoms with Gasteiger partial charge in [-0.3, -0.25) is 0 Å². The highest BCUT2D eigenvalue weighted by molar-refractivity contribution is 5.41. The summed E-state index contributed by atoms with van der Waals surface area (Å²) in [6.45, 7) is 10.5. The highest BCUT2D eigenvalue weighted by atomic mass is 16.5. The van der Waals surface area contributed by atoms with Crippen LogP contribution in [0.1, 0.15) is 49.3 Å². The summed E-state index contributed by atoms with van der Waals surface area (Å²) in [7, 11) is 0. The minimum absolute atomic E-state index is 0.503. The molecule has 0 aliphatic heterocycles. The molecular formula is C18H29NO. The molecule has 1 unspecified atom stereocenters. The first-order chi connectivity index (χ1) is 9.61. The minimum Gasteiger partial charge on any atom is -0.492 e. The molecule has 0 saturated heterocycles. The second kappa shape index (κ2) is 7.12. The van der Waals surface area contributed by atoms with Crippen molar-refractivity contribution in [1.29, 1.82) is 0 Å². The lowest BCUT2D eigenvalue weighted by Gasteiger charge is -2.25. The van der Waals surface area contributed by atoms with Gasteiger partial charge in [-0.25, -0.2) is 0 Å². The molecule has 1 aromatic carbocycles. The molecule has 0 bridgehead atoms. The fraction of sp³-hybridized carbons (Fsp3) is 0.667. The topological polar surface area (TPSA) is 21.3 Å². The number of ether oxygens (including phenoxy) is 1. The van der Waals surface area contributed by atoms with E-state index < -0.39 is 0 Å². The van der Waals surface area contributed by atoms with Gasteiger partial charge in [0.25, 0.3) is 0 Å². The van der Waals surface area contributed by atoms with Crippen molar-refractivity contribution in [2.75, 3.05) is 13.2 Å². The second-order valence-corrected chi connectivity index (χ2v) is 6.22. The Hall–Kier alpha value is -1.02. The van der Waals surface area contributed by atoms with Crippen LogP contribution in [0.5, 0.6) is 5.75 Å². The predicted octanol–water partition coefficient (Wildman–Crippen LogP) is 4.16. The van der Waals surface area contributed by atoms with Crippen molar-refractivity contribution in [3.05, 3.63) is 28.8 Å². The molecule has 2 rings (SSSR count). The number of aryl methyl sites for hydroxylation is 2. The van der Waals surface area contributed by atoms with Crippen LogP contribution in [-0.2, 0) is 0 Å². The fourth-order valence-corrected chi connectivity index (χ4v) is 3.31. The minimum atomic E-state index is 0.503. The van der Waals surface area contributed by atoms with Crippen LogP contribution in [0.4, 0.5) is 0 Å². The van der Waals surface area contributed by atoms with Gasteiger partial charge in [-0.1, -0.05) is 25.8 Å². The highest BCUT2D eigenvalue weighted by Crippen LogP contribution is 2.29. The maximum absolute atomic E-state index is 6.16. The Labute approximate surface area is 123 Å². The number of hydrogen-bond acceptors (Lipinski definition) is 2. The van der Waals surface area contributed by atoms with Crippen LogP contribution in [0.2, 0.25) is 0 Å². The van der Waals surface area contributed by atoms with E-state index in [0.29, 0.717) is 6.04 Å². The number of benzene rings is 1. The summed E-state index contributed by atoms with van der Waals surface area (Å²) in [6.07, 6.45) is 5.48. The molecule has 0 radical (unpaired) electrons. The lowest BCUT2D eigenvalue weighted by Crippen LogP contribution is -2.40. The third-order valence-corrected chi connectivity index (χ3v) is 4.62. The van der Waals surface area contributed by atoms with Crippen LogP contribution < -0.4 is 10.1 Å². The van der Waals surface area contributed by atoms with Crippen molar-refractivity contribution in [2.24, 2.45) is 5.92 Å². The van der Waals surface area contributed by atoms with E-state index in [9.17, 15) is 0 Å². The third-order valence-electron chi connectivity index (χ3n) is 4.62. The van der Waals surface area contributed by atoms with Crippen molar-refractivity contribution < 1.29 is 4.74 Å². The van der Waals surface area contributed by atoms with Crippen molar-refractivity contribution in [3.63, 3.8) is 0 Å². The Balaban J connectivity index is 2.01. The van der Waals surface area contributed by atoms with Crippen molar-refractivity contribution in [1.82, 2.24) is 5.32 Å². The molecule has 1 fully saturated rings. The van der Waals surface area contributed by atoms with E-state index in [1.165, 1.54) is 42.4 Å². The summed E-state index contributed by atoms with van der Waals surface area (Å²) < 4.78 is 6.16. The largest absolute Gasteiger partial charge is 0.492 e. The molecule has 1 aliphatic carbocycles. The zero-order valence-electron chi connectivity index (χ0n) is 13.5. The fourth-order valence-electron chi connectivity index (χ4n) is 3.31. The molecule has 2 nitrogen and oxygen atoms in total. The van der Waals surface area contributed by atoms with Gasteiger partial charge in [-0.2, -0.15) is 0 Å². The summed E-state index contributed by atoms with van der Waals surface area (Å²) in [4.78, 5) is 0. The van der Waals surface area contributed by atoms with Crippen LogP contribution in [0, 0.1) is 26.7 Å². The Morgan fingerprint density at radius 3 is 2.55 bits per heavy atom. The second-order valence-electron chi connectivity index (χ2n) is 6.22. The van der Waals surface area contributed by atoms with Crippen LogP contribution in [-0.4, -0.2) is 19.2 Å². The highest BCUT2D eigenvalue weighted by Gasteiger charge is 2.25. The van der Waals surface area contributed by atoms with Crippen molar-refractivity contribution in [3.8, 4) is 5.75 Å². The van der Waals surface area contributed by atoms with Gasteiger partial charge in [0.2, 0.25) is 0 Å². The average molecular weight is 275 g/mol. The van der Waals surface area contributed by atoms with Gasteiger partial charge in [-0.15, -0.1) is 0 Å². The third kappa shape index (κ3) is 3.76. The van der Waals surface area contributed by atoms with Gasteiger partial charge in [-0.05, 0) is 68.8 Å². The zero-order valence-corrected chi connectivity index (χ0v) is 13.5. The molecular weight excluding hydrogens is 246 g/mol. The lowest BCUT2D eigenvalue weighted by molar-refractivity contribution is 0.218. The first kappa shape index (κ1) is 15.4. The summed E-state index contributed by atoms with van der Waals surface area (Å²) in [5.41, 5.74) is 3.88. The lowest BCUT2D eigenvalue weighted by atomic mass is 9.98. The van der Waals surface area contributed by atoms with Gasteiger partial charge in [0.05, 0.1) is 0 Å². The molecule has 1 aliphatic rings. The van der Waals surface area contributed by atoms with Crippen molar-refractivity contribution in [2.45, 2.75) is 59.4 Å². The van der Waals surface area contributed by atoms with E-state index in [1.54, 1.807) is 0 Å². The van der Waals surface area contributed by atoms with E-state index in [2.05, 4.69) is 45.1 Å². The molecule has 0 spiro atoms. The first-order valence-corrected chi connectivity index (χ1v) is 8.05. The summed E-state index contributed by atoms with van der Waals surface area (Å²) in [5.74, 6) is 1.85. The molecule has 112 valence electrons. The SMILES string of the molecule is CCNC(COc1cc(C)cc(C)c1C)C1CCCC1. The summed E-state index contributed by atoms with van der Waals surface area (Å²) in [5, 5.41) is 3.62. The predicted molar refractivity (Wildman–Crippen MR) is 85.6 cm³/mol. The normalized spacial score (nSPS) is 17.4. The van der Waals surface area contributed by atoms with Gasteiger partial charge >= 0.3 is 0 Å². The Morgan fingerprint density at radius 1 is 1.20 bits per heavy atom. The average Bonchev–Trinajstić information content (AvgIpc) is 2.93. The van der Waals surface area contributed by atoms with Gasteiger partial charge in [0, 0.05) is 6.04 Å². The molecule has 2 heteroatoms. The quantitative estimate of drug-likeness (QED) is 0.841. The van der Waals surface area contributed by atoms with Crippen LogP contribution in [0.25, 0.3) is 0 Å². The van der Waals surface area contributed by atoms with Crippen molar-refractivity contribution >= 4 is 0 Å². The Morgan fingerprint density at radius 2 is 1.90 bits per heavy atom. The number of likely N-dealkylation sites (N-methyl/N-ethyl adjacent to an activating group) is 1. The molecule has 1 saturated carbocycles. The molecule has 1 aromatic rings. The maximum Gasteiger partial charge on any atom is 0.122 e. The smallest absolute Gasteiger partial charge is 0.122 e. The molecule has 0 aromatic heterocycles.